The molecule has 0 spiro atoms. The molecule has 2 heterocycles. The van der Waals surface area contributed by atoms with Gasteiger partial charge in [-0.3, -0.25) is 0 Å². The third-order valence-electron chi connectivity index (χ3n) is 3.93. The minimum atomic E-state index is 0.148. The van der Waals surface area contributed by atoms with Crippen LogP contribution in [-0.4, -0.2) is 24.2 Å². The van der Waals surface area contributed by atoms with Gasteiger partial charge in [0.15, 0.2) is 11.3 Å². The zero-order valence-electron chi connectivity index (χ0n) is 14.2. The summed E-state index contributed by atoms with van der Waals surface area (Å²) in [6, 6.07) is 3.88. The molecule has 0 fully saturated rings. The van der Waals surface area contributed by atoms with Crippen LogP contribution in [0.3, 0.4) is 0 Å². The number of fused-ring (bicyclic) bond motifs is 1. The van der Waals surface area contributed by atoms with Crippen LogP contribution in [0.25, 0.3) is 11.0 Å². The highest BCUT2D eigenvalue weighted by Crippen LogP contribution is 2.40. The van der Waals surface area contributed by atoms with Gasteiger partial charge < -0.3 is 25.4 Å². The molecule has 25 heavy (non-hydrogen) atoms. The third kappa shape index (κ3) is 3.08. The van der Waals surface area contributed by atoms with Gasteiger partial charge in [0.1, 0.15) is 11.6 Å². The first-order valence-corrected chi connectivity index (χ1v) is 7.71. The Bertz CT molecular complexity index is 934. The van der Waals surface area contributed by atoms with Crippen LogP contribution >= 0.6 is 0 Å². The highest BCUT2D eigenvalue weighted by molar-refractivity contribution is 5.90. The van der Waals surface area contributed by atoms with Gasteiger partial charge in [-0.05, 0) is 17.7 Å². The molecule has 0 aliphatic heterocycles. The van der Waals surface area contributed by atoms with Crippen molar-refractivity contribution >= 4 is 22.7 Å². The molecule has 2 aromatic heterocycles. The maximum absolute atomic E-state index is 5.97. The van der Waals surface area contributed by atoms with Gasteiger partial charge in [0.05, 0.1) is 14.2 Å². The average molecular weight is 340 g/mol. The lowest BCUT2D eigenvalue weighted by Gasteiger charge is -2.12. The lowest BCUT2D eigenvalue weighted by atomic mass is 10.0. The average Bonchev–Trinajstić information content (AvgIpc) is 3.01. The zero-order chi connectivity index (χ0) is 18.0. The van der Waals surface area contributed by atoms with Gasteiger partial charge in [0.2, 0.25) is 11.7 Å². The lowest BCUT2D eigenvalue weighted by molar-refractivity contribution is 0.352. The summed E-state index contributed by atoms with van der Waals surface area (Å²) in [5, 5.41) is 0.922. The van der Waals surface area contributed by atoms with E-state index in [0.29, 0.717) is 35.7 Å². The molecule has 130 valence electrons. The fourth-order valence-corrected chi connectivity index (χ4v) is 2.77. The van der Waals surface area contributed by atoms with E-state index < -0.39 is 0 Å². The van der Waals surface area contributed by atoms with E-state index in [2.05, 4.69) is 16.5 Å². The summed E-state index contributed by atoms with van der Waals surface area (Å²) in [4.78, 5) is 8.03. The SMILES string of the molecule is C=CCc1cc2c(Cc3cnc(N)nc3N)cc(OC)c(OC)c2o1. The lowest BCUT2D eigenvalue weighted by Crippen LogP contribution is -2.04. The molecule has 7 nitrogen and oxygen atoms in total. The molecule has 0 atom stereocenters. The fraction of sp³-hybridized carbons (Fsp3) is 0.222. The molecule has 0 aliphatic rings. The first-order chi connectivity index (χ1) is 12.1. The predicted molar refractivity (Wildman–Crippen MR) is 96.9 cm³/mol. The Morgan fingerprint density at radius 1 is 1.20 bits per heavy atom. The number of nitrogens with two attached hydrogens (primary N) is 2. The monoisotopic (exact) mass is 340 g/mol. The van der Waals surface area contributed by atoms with Gasteiger partial charge in [-0.15, -0.1) is 6.58 Å². The van der Waals surface area contributed by atoms with Gasteiger partial charge >= 0.3 is 0 Å². The van der Waals surface area contributed by atoms with Gasteiger partial charge in [-0.25, -0.2) is 4.98 Å². The standard InChI is InChI=1S/C18H20N4O3/c1-4-5-12-8-13-10(6-11-9-21-18(20)22-17(11)19)7-14(23-2)16(24-3)15(13)25-12/h4,7-9H,1,5-6H2,2-3H3,(H4,19,20,21,22). The van der Waals surface area contributed by atoms with Gasteiger partial charge in [0, 0.05) is 30.0 Å². The number of furan rings is 1. The molecule has 0 amide bonds. The van der Waals surface area contributed by atoms with Gasteiger partial charge in [-0.1, -0.05) is 6.08 Å². The maximum Gasteiger partial charge on any atom is 0.221 e. The molecular formula is C18H20N4O3. The highest BCUT2D eigenvalue weighted by atomic mass is 16.5. The van der Waals surface area contributed by atoms with Crippen LogP contribution < -0.4 is 20.9 Å². The fourth-order valence-electron chi connectivity index (χ4n) is 2.77. The van der Waals surface area contributed by atoms with E-state index in [0.717, 1.165) is 22.3 Å². The second-order valence-electron chi connectivity index (χ2n) is 5.53. The topological polar surface area (TPSA) is 109 Å². The Morgan fingerprint density at radius 2 is 2.00 bits per heavy atom. The van der Waals surface area contributed by atoms with Crippen molar-refractivity contribution in [2.45, 2.75) is 12.8 Å². The molecule has 0 bridgehead atoms. The number of aromatic nitrogens is 2. The summed E-state index contributed by atoms with van der Waals surface area (Å²) >= 11 is 0. The van der Waals surface area contributed by atoms with E-state index in [-0.39, 0.29) is 5.95 Å². The van der Waals surface area contributed by atoms with Crippen LogP contribution in [0.15, 0.2) is 35.4 Å². The number of methoxy groups -OCH3 is 2. The number of benzene rings is 1. The summed E-state index contributed by atoms with van der Waals surface area (Å²) in [5.41, 5.74) is 13.9. The molecule has 4 N–H and O–H groups in total. The van der Waals surface area contributed by atoms with Gasteiger partial charge in [-0.2, -0.15) is 4.98 Å². The van der Waals surface area contributed by atoms with Gasteiger partial charge in [0.25, 0.3) is 0 Å². The van der Waals surface area contributed by atoms with Crippen molar-refractivity contribution in [1.82, 2.24) is 9.97 Å². The largest absolute Gasteiger partial charge is 0.493 e. The van der Waals surface area contributed by atoms with Crippen molar-refractivity contribution in [3.05, 3.63) is 47.9 Å². The third-order valence-corrected chi connectivity index (χ3v) is 3.93. The van der Waals surface area contributed by atoms with Crippen LogP contribution in [0.4, 0.5) is 11.8 Å². The first kappa shape index (κ1) is 16.6. The summed E-state index contributed by atoms with van der Waals surface area (Å²) in [6.45, 7) is 3.75. The van der Waals surface area contributed by atoms with Crippen LogP contribution in [0, 0.1) is 0 Å². The van der Waals surface area contributed by atoms with Crippen molar-refractivity contribution in [2.24, 2.45) is 0 Å². The number of hydrogen-bond donors (Lipinski definition) is 2. The summed E-state index contributed by atoms with van der Waals surface area (Å²) < 4.78 is 16.9. The minimum Gasteiger partial charge on any atom is -0.493 e. The van der Waals surface area contributed by atoms with Crippen LogP contribution in [0.2, 0.25) is 0 Å². The highest BCUT2D eigenvalue weighted by Gasteiger charge is 2.19. The molecule has 1 aromatic carbocycles. The number of ether oxygens (including phenoxy) is 2. The number of rotatable bonds is 6. The number of allylic oxidation sites excluding steroid dienone is 1. The number of nitrogen functional groups attached to an aromatic ring is 2. The van der Waals surface area contributed by atoms with Crippen LogP contribution in [0.5, 0.6) is 11.5 Å². The van der Waals surface area contributed by atoms with Crippen molar-refractivity contribution in [2.75, 3.05) is 25.7 Å². The smallest absolute Gasteiger partial charge is 0.221 e. The van der Waals surface area contributed by atoms with Crippen LogP contribution in [-0.2, 0) is 12.8 Å². The van der Waals surface area contributed by atoms with Crippen molar-refractivity contribution in [1.29, 1.82) is 0 Å². The number of anilines is 2. The second-order valence-corrected chi connectivity index (χ2v) is 5.53. The Labute approximate surface area is 145 Å². The Hall–Kier alpha value is -3.22. The molecule has 0 saturated heterocycles. The van der Waals surface area contributed by atoms with Crippen LogP contribution in [0.1, 0.15) is 16.9 Å². The van der Waals surface area contributed by atoms with E-state index in [9.17, 15) is 0 Å². The first-order valence-electron chi connectivity index (χ1n) is 7.71. The van der Waals surface area contributed by atoms with Crippen molar-refractivity contribution < 1.29 is 13.9 Å². The summed E-state index contributed by atoms with van der Waals surface area (Å²) in [5.74, 6) is 2.43. The Kier molecular flexibility index (Phi) is 4.47. The molecule has 0 unspecified atom stereocenters. The van der Waals surface area contributed by atoms with E-state index in [1.54, 1.807) is 26.5 Å². The number of nitrogens with zero attached hydrogens (tertiary/aromatic N) is 2. The quantitative estimate of drug-likeness (QED) is 0.664. The van der Waals surface area contributed by atoms with E-state index in [1.165, 1.54) is 0 Å². The molecule has 3 aromatic rings. The second kappa shape index (κ2) is 6.72. The molecule has 0 radical (unpaired) electrons. The molecule has 7 heteroatoms. The molecule has 0 saturated carbocycles. The molecular weight excluding hydrogens is 320 g/mol. The van der Waals surface area contributed by atoms with Crippen molar-refractivity contribution in [3.8, 4) is 11.5 Å². The van der Waals surface area contributed by atoms with Crippen molar-refractivity contribution in [3.63, 3.8) is 0 Å². The van der Waals surface area contributed by atoms with E-state index in [4.69, 9.17) is 25.4 Å². The van der Waals surface area contributed by atoms with E-state index >= 15 is 0 Å². The molecule has 3 rings (SSSR count). The minimum absolute atomic E-state index is 0.148. The Balaban J connectivity index is 2.17. The summed E-state index contributed by atoms with van der Waals surface area (Å²) in [7, 11) is 3.17. The summed E-state index contributed by atoms with van der Waals surface area (Å²) in [6.07, 6.45) is 4.54. The predicted octanol–water partition coefficient (Wildman–Crippen LogP) is 2.72. The molecule has 0 aliphatic carbocycles. The normalized spacial score (nSPS) is 10.8. The Morgan fingerprint density at radius 3 is 2.64 bits per heavy atom. The maximum atomic E-state index is 5.97. The number of hydrogen-bond acceptors (Lipinski definition) is 7. The zero-order valence-corrected chi connectivity index (χ0v) is 14.2. The van der Waals surface area contributed by atoms with E-state index in [1.807, 2.05) is 12.1 Å².